The van der Waals surface area contributed by atoms with Crippen LogP contribution in [-0.2, 0) is 4.79 Å². The largest absolute Gasteiger partial charge is 0.491 e. The average Bonchev–Trinajstić information content (AvgIpc) is 3.23. The molecule has 0 saturated heterocycles. The first-order chi connectivity index (χ1) is 9.16. The Balaban J connectivity index is 1.87. The maximum Gasteiger partial charge on any atom is 0.174 e. The predicted molar refractivity (Wildman–Crippen MR) is 74.3 cm³/mol. The summed E-state index contributed by atoms with van der Waals surface area (Å²) < 4.78 is 5.58. The van der Waals surface area contributed by atoms with Crippen molar-refractivity contribution in [3.8, 4) is 5.75 Å². The van der Waals surface area contributed by atoms with Crippen molar-refractivity contribution in [2.45, 2.75) is 24.2 Å². The molecule has 3 nitrogen and oxygen atoms in total. The standard InChI is InChI=1S/C14H13ClO3S/c15-10-4-3-9(13-14(10)19-6-5-18-13)12(17)7-11(16)8-1-2-8/h3-4,8H,1-2,5-7H2. The van der Waals surface area contributed by atoms with Crippen LogP contribution in [0.2, 0.25) is 5.02 Å². The van der Waals surface area contributed by atoms with E-state index in [1.54, 1.807) is 23.9 Å². The Labute approximate surface area is 120 Å². The van der Waals surface area contributed by atoms with E-state index in [-0.39, 0.29) is 23.9 Å². The monoisotopic (exact) mass is 296 g/mol. The Bertz CT molecular complexity index is 552. The molecule has 1 aliphatic heterocycles. The molecular weight excluding hydrogens is 284 g/mol. The van der Waals surface area contributed by atoms with Crippen LogP contribution in [0.15, 0.2) is 17.0 Å². The number of Topliss-reactive ketones (excluding diaryl/α,β-unsaturated/α-hetero) is 2. The summed E-state index contributed by atoms with van der Waals surface area (Å²) in [6.07, 6.45) is 1.83. The third kappa shape index (κ3) is 2.65. The van der Waals surface area contributed by atoms with Crippen LogP contribution in [0, 0.1) is 5.92 Å². The van der Waals surface area contributed by atoms with E-state index in [2.05, 4.69) is 0 Å². The topological polar surface area (TPSA) is 43.4 Å². The molecule has 0 amide bonds. The molecule has 0 radical (unpaired) electrons. The number of fused-ring (bicyclic) bond motifs is 1. The van der Waals surface area contributed by atoms with Crippen molar-refractivity contribution < 1.29 is 14.3 Å². The lowest BCUT2D eigenvalue weighted by Gasteiger charge is -2.20. The zero-order valence-corrected chi connectivity index (χ0v) is 11.9. The van der Waals surface area contributed by atoms with Gasteiger partial charge in [0.25, 0.3) is 0 Å². The van der Waals surface area contributed by atoms with Gasteiger partial charge in [-0.1, -0.05) is 11.6 Å². The molecular formula is C14H13ClO3S. The van der Waals surface area contributed by atoms with Crippen molar-refractivity contribution in [2.75, 3.05) is 12.4 Å². The first-order valence-electron chi connectivity index (χ1n) is 6.31. The third-order valence-corrected chi connectivity index (χ3v) is 4.80. The molecule has 1 fully saturated rings. The van der Waals surface area contributed by atoms with E-state index in [4.69, 9.17) is 16.3 Å². The van der Waals surface area contributed by atoms with E-state index in [0.29, 0.717) is 22.9 Å². The third-order valence-electron chi connectivity index (χ3n) is 3.31. The normalized spacial score (nSPS) is 17.5. The van der Waals surface area contributed by atoms with Crippen molar-refractivity contribution in [1.29, 1.82) is 0 Å². The molecule has 0 atom stereocenters. The van der Waals surface area contributed by atoms with Crippen LogP contribution in [0.4, 0.5) is 0 Å². The Morgan fingerprint density at radius 3 is 2.89 bits per heavy atom. The lowest BCUT2D eigenvalue weighted by molar-refractivity contribution is -0.119. The van der Waals surface area contributed by atoms with Crippen molar-refractivity contribution in [2.24, 2.45) is 5.92 Å². The second kappa shape index (κ2) is 5.17. The van der Waals surface area contributed by atoms with Gasteiger partial charge in [0.2, 0.25) is 0 Å². The Kier molecular flexibility index (Phi) is 3.54. The number of rotatable bonds is 4. The molecule has 1 saturated carbocycles. The van der Waals surface area contributed by atoms with Gasteiger partial charge >= 0.3 is 0 Å². The maximum absolute atomic E-state index is 12.2. The van der Waals surface area contributed by atoms with Crippen molar-refractivity contribution in [1.82, 2.24) is 0 Å². The van der Waals surface area contributed by atoms with E-state index in [9.17, 15) is 9.59 Å². The fourth-order valence-corrected chi connectivity index (χ4v) is 3.32. The van der Waals surface area contributed by atoms with Gasteiger partial charge in [-0.2, -0.15) is 0 Å². The highest BCUT2D eigenvalue weighted by molar-refractivity contribution is 7.99. The summed E-state index contributed by atoms with van der Waals surface area (Å²) >= 11 is 7.70. The van der Waals surface area contributed by atoms with Gasteiger partial charge in [0, 0.05) is 11.7 Å². The summed E-state index contributed by atoms with van der Waals surface area (Å²) in [5, 5.41) is 0.602. The van der Waals surface area contributed by atoms with E-state index in [0.717, 1.165) is 23.5 Å². The lowest BCUT2D eigenvalue weighted by Crippen LogP contribution is -2.14. The number of hydrogen-bond donors (Lipinski definition) is 0. The lowest BCUT2D eigenvalue weighted by atomic mass is 10.0. The van der Waals surface area contributed by atoms with E-state index in [1.807, 2.05) is 0 Å². The Hall–Kier alpha value is -1.000. The van der Waals surface area contributed by atoms with Crippen LogP contribution in [0.25, 0.3) is 0 Å². The van der Waals surface area contributed by atoms with Crippen LogP contribution in [0.3, 0.4) is 0 Å². The molecule has 0 N–H and O–H groups in total. The molecule has 0 unspecified atom stereocenters. The number of thioether (sulfide) groups is 1. The van der Waals surface area contributed by atoms with Crippen LogP contribution in [0.5, 0.6) is 5.75 Å². The SMILES string of the molecule is O=C(CC(=O)C1CC1)c1ccc(Cl)c2c1OCCS2. The highest BCUT2D eigenvalue weighted by Gasteiger charge is 2.32. The number of ketones is 2. The minimum atomic E-state index is -0.160. The Morgan fingerprint density at radius 2 is 2.16 bits per heavy atom. The molecule has 19 heavy (non-hydrogen) atoms. The number of carbonyl (C=O) groups excluding carboxylic acids is 2. The molecule has 0 aromatic heterocycles. The second-order valence-electron chi connectivity index (χ2n) is 4.79. The number of benzene rings is 1. The van der Waals surface area contributed by atoms with Crippen molar-refractivity contribution >= 4 is 34.9 Å². The fraction of sp³-hybridized carbons (Fsp3) is 0.429. The molecule has 5 heteroatoms. The second-order valence-corrected chi connectivity index (χ2v) is 6.30. The van der Waals surface area contributed by atoms with E-state index in [1.165, 1.54) is 0 Å². The quantitative estimate of drug-likeness (QED) is 0.631. The minimum absolute atomic E-state index is 0.0211. The van der Waals surface area contributed by atoms with Crippen LogP contribution >= 0.6 is 23.4 Å². The van der Waals surface area contributed by atoms with Crippen molar-refractivity contribution in [3.63, 3.8) is 0 Å². The van der Waals surface area contributed by atoms with Gasteiger partial charge in [0.1, 0.15) is 11.5 Å². The summed E-state index contributed by atoms with van der Waals surface area (Å²) in [6.45, 7) is 0.564. The predicted octanol–water partition coefficient (Wildman–Crippen LogP) is 3.38. The van der Waals surface area contributed by atoms with Gasteiger partial charge in [-0.25, -0.2) is 0 Å². The highest BCUT2D eigenvalue weighted by Crippen LogP contribution is 2.42. The van der Waals surface area contributed by atoms with Crippen LogP contribution < -0.4 is 4.74 Å². The van der Waals surface area contributed by atoms with Gasteiger partial charge in [-0.3, -0.25) is 9.59 Å². The fourth-order valence-electron chi connectivity index (χ4n) is 2.13. The van der Waals surface area contributed by atoms with Gasteiger partial charge < -0.3 is 4.74 Å². The molecule has 1 heterocycles. The van der Waals surface area contributed by atoms with Gasteiger partial charge in [0.15, 0.2) is 5.78 Å². The first-order valence-corrected chi connectivity index (χ1v) is 7.67. The van der Waals surface area contributed by atoms with Crippen molar-refractivity contribution in [3.05, 3.63) is 22.7 Å². The Morgan fingerprint density at radius 1 is 1.37 bits per heavy atom. The number of carbonyl (C=O) groups is 2. The molecule has 1 aromatic carbocycles. The highest BCUT2D eigenvalue weighted by atomic mass is 35.5. The molecule has 0 bridgehead atoms. The summed E-state index contributed by atoms with van der Waals surface area (Å²) in [5.74, 6) is 1.38. The summed E-state index contributed by atoms with van der Waals surface area (Å²) in [7, 11) is 0. The average molecular weight is 297 g/mol. The maximum atomic E-state index is 12.2. The van der Waals surface area contributed by atoms with E-state index >= 15 is 0 Å². The van der Waals surface area contributed by atoms with Crippen LogP contribution in [-0.4, -0.2) is 23.9 Å². The minimum Gasteiger partial charge on any atom is -0.491 e. The number of halogens is 1. The zero-order valence-electron chi connectivity index (χ0n) is 10.3. The van der Waals surface area contributed by atoms with E-state index < -0.39 is 0 Å². The summed E-state index contributed by atoms with van der Waals surface area (Å²) in [5.41, 5.74) is 0.487. The van der Waals surface area contributed by atoms with Crippen LogP contribution in [0.1, 0.15) is 29.6 Å². The van der Waals surface area contributed by atoms with Gasteiger partial charge in [-0.15, -0.1) is 11.8 Å². The first kappa shape index (κ1) is 13.0. The smallest absolute Gasteiger partial charge is 0.174 e. The number of ether oxygens (including phenoxy) is 1. The molecule has 0 spiro atoms. The molecule has 2 aliphatic rings. The molecule has 1 aliphatic carbocycles. The number of hydrogen-bond acceptors (Lipinski definition) is 4. The van der Waals surface area contributed by atoms with Gasteiger partial charge in [-0.05, 0) is 25.0 Å². The summed E-state index contributed by atoms with van der Waals surface area (Å²) in [6, 6.07) is 3.37. The summed E-state index contributed by atoms with van der Waals surface area (Å²) in [4.78, 5) is 24.8. The zero-order chi connectivity index (χ0) is 13.4. The molecule has 1 aromatic rings. The van der Waals surface area contributed by atoms with Gasteiger partial charge in [0.05, 0.1) is 28.5 Å². The molecule has 100 valence electrons. The molecule has 3 rings (SSSR count).